The fourth-order valence-corrected chi connectivity index (χ4v) is 2.97. The Morgan fingerprint density at radius 3 is 2.58 bits per heavy atom. The number of para-hydroxylation sites is 1. The van der Waals surface area contributed by atoms with Crippen LogP contribution < -0.4 is 40.2 Å². The summed E-state index contributed by atoms with van der Waals surface area (Å²) in [7, 11) is 0. The third-order valence-corrected chi connectivity index (χ3v) is 4.23. The Labute approximate surface area is 172 Å². The molecule has 0 aliphatic carbocycles. The average Bonchev–Trinajstić information content (AvgIpc) is 2.96. The van der Waals surface area contributed by atoms with E-state index in [0.717, 1.165) is 5.56 Å². The number of hydrogen-bond acceptors (Lipinski definition) is 4. The van der Waals surface area contributed by atoms with Crippen LogP contribution in [0, 0.1) is 6.92 Å². The first-order valence-corrected chi connectivity index (χ1v) is 7.89. The van der Waals surface area contributed by atoms with Crippen LogP contribution in [0.2, 0.25) is 0 Å². The van der Waals surface area contributed by atoms with Gasteiger partial charge in [0.15, 0.2) is 0 Å². The Kier molecular flexibility index (Phi) is 5.27. The van der Waals surface area contributed by atoms with Gasteiger partial charge in [-0.25, -0.2) is 0 Å². The van der Waals surface area contributed by atoms with Crippen molar-refractivity contribution in [1.29, 1.82) is 0 Å². The molecular formula is C19H15N4NaO2. The molecule has 6 nitrogen and oxygen atoms in total. The Bertz CT molecular complexity index is 1060. The van der Waals surface area contributed by atoms with Crippen molar-refractivity contribution < 1.29 is 34.7 Å². The van der Waals surface area contributed by atoms with Gasteiger partial charge in [0.1, 0.15) is 0 Å². The average molecular weight is 354 g/mol. The van der Waals surface area contributed by atoms with Crippen LogP contribution in [0.3, 0.4) is 0 Å². The zero-order valence-corrected chi connectivity index (χ0v) is 16.6. The van der Waals surface area contributed by atoms with Gasteiger partial charge in [-0.2, -0.15) is 9.78 Å². The monoisotopic (exact) mass is 354 g/mol. The van der Waals surface area contributed by atoms with Crippen LogP contribution in [-0.4, -0.2) is 19.3 Å². The minimum Gasteiger partial charge on any atom is -0.860 e. The van der Waals surface area contributed by atoms with E-state index in [4.69, 9.17) is 0 Å². The third-order valence-electron chi connectivity index (χ3n) is 4.23. The van der Waals surface area contributed by atoms with E-state index >= 15 is 0 Å². The number of hydrogen-bond donors (Lipinski definition) is 0. The predicted molar refractivity (Wildman–Crippen MR) is 92.0 cm³/mol. The number of nitrogens with zero attached hydrogens (tertiary/aromatic N) is 4. The molecule has 26 heavy (non-hydrogen) atoms. The molecule has 0 saturated carbocycles. The fourth-order valence-electron chi connectivity index (χ4n) is 2.97. The van der Waals surface area contributed by atoms with Crippen molar-refractivity contribution >= 4 is 0 Å². The standard InChI is InChI=1S/C19H16N4O2.Na/c1-13-18-16(21-23(19(18)25)15-7-3-2-4-8-15)10-17(24)22(13)12-14-6-5-9-20-11-14;/h2-11,24H,12H2,1H3;/q;+1/p-1. The molecule has 3 heterocycles. The normalized spacial score (nSPS) is 10.7. The summed E-state index contributed by atoms with van der Waals surface area (Å²) in [6.07, 6.45) is 3.39. The summed E-state index contributed by atoms with van der Waals surface area (Å²) in [5.41, 5.74) is 2.84. The maximum absolute atomic E-state index is 12.8. The van der Waals surface area contributed by atoms with Crippen molar-refractivity contribution in [3.63, 3.8) is 0 Å². The first-order valence-electron chi connectivity index (χ1n) is 7.89. The van der Waals surface area contributed by atoms with Gasteiger partial charge in [-0.05, 0) is 42.6 Å². The molecule has 0 bridgehead atoms. The first kappa shape index (κ1) is 18.4. The molecule has 0 N–H and O–H groups in total. The molecule has 1 aromatic heterocycles. The van der Waals surface area contributed by atoms with Crippen LogP contribution in [0.1, 0.15) is 11.3 Å². The van der Waals surface area contributed by atoms with Crippen molar-refractivity contribution in [3.05, 3.63) is 82.5 Å². The topological polar surface area (TPSA) is 75.8 Å². The van der Waals surface area contributed by atoms with Crippen molar-refractivity contribution in [1.82, 2.24) is 19.3 Å². The van der Waals surface area contributed by atoms with Gasteiger partial charge in [0.2, 0.25) is 0 Å². The van der Waals surface area contributed by atoms with Crippen LogP contribution in [0.25, 0.3) is 16.9 Å². The van der Waals surface area contributed by atoms with E-state index in [0.29, 0.717) is 29.2 Å². The van der Waals surface area contributed by atoms with Gasteiger partial charge in [-0.3, -0.25) is 9.78 Å². The predicted octanol–water partition coefficient (Wildman–Crippen LogP) is -1.03. The maximum Gasteiger partial charge on any atom is 1.00 e. The molecule has 124 valence electrons. The van der Waals surface area contributed by atoms with Crippen molar-refractivity contribution in [3.8, 4) is 22.8 Å². The molecule has 0 fully saturated rings. The Hall–Kier alpha value is -2.41. The van der Waals surface area contributed by atoms with Crippen molar-refractivity contribution in [2.45, 2.75) is 13.5 Å². The molecule has 1 aromatic carbocycles. The van der Waals surface area contributed by atoms with Crippen LogP contribution in [-0.2, 0) is 6.54 Å². The minimum absolute atomic E-state index is 0. The molecule has 4 rings (SSSR count). The smallest absolute Gasteiger partial charge is 0.860 e. The fraction of sp³-hybridized carbons (Fsp3) is 0.105. The molecule has 0 unspecified atom stereocenters. The van der Waals surface area contributed by atoms with Gasteiger partial charge in [0.25, 0.3) is 5.56 Å². The van der Waals surface area contributed by atoms with E-state index < -0.39 is 0 Å². The summed E-state index contributed by atoms with van der Waals surface area (Å²) in [5.74, 6) is -0.188. The second kappa shape index (κ2) is 7.45. The molecule has 2 aliphatic rings. The summed E-state index contributed by atoms with van der Waals surface area (Å²) >= 11 is 0. The third kappa shape index (κ3) is 3.19. The van der Waals surface area contributed by atoms with Gasteiger partial charge in [0, 0.05) is 24.6 Å². The maximum atomic E-state index is 12.8. The summed E-state index contributed by atoms with van der Waals surface area (Å²) < 4.78 is 2.92. The SMILES string of the molecule is Cc1c2c(=O)n(-c3ccccc3)nc-2cc([O-])n1Cc1cccnc1.[Na+]. The summed E-state index contributed by atoms with van der Waals surface area (Å²) in [6, 6.07) is 14.3. The van der Waals surface area contributed by atoms with Crippen LogP contribution >= 0.6 is 0 Å². The van der Waals surface area contributed by atoms with Gasteiger partial charge < -0.3 is 9.67 Å². The number of pyridine rings is 2. The molecule has 0 amide bonds. The van der Waals surface area contributed by atoms with Gasteiger partial charge in [0.05, 0.1) is 16.9 Å². The molecule has 0 radical (unpaired) electrons. The Morgan fingerprint density at radius 1 is 1.12 bits per heavy atom. The minimum atomic E-state index is -0.223. The largest absolute Gasteiger partial charge is 1.00 e. The number of aromatic nitrogens is 4. The molecule has 2 aliphatic heterocycles. The quantitative estimate of drug-likeness (QED) is 0.441. The molecule has 2 aromatic rings. The van der Waals surface area contributed by atoms with Crippen molar-refractivity contribution in [2.75, 3.05) is 0 Å². The van der Waals surface area contributed by atoms with E-state index in [1.54, 1.807) is 23.9 Å². The van der Waals surface area contributed by atoms with Gasteiger partial charge in [-0.15, -0.1) is 0 Å². The number of rotatable bonds is 3. The summed E-state index contributed by atoms with van der Waals surface area (Å²) in [4.78, 5) is 16.9. The van der Waals surface area contributed by atoms with Gasteiger partial charge >= 0.3 is 29.6 Å². The van der Waals surface area contributed by atoms with Gasteiger partial charge in [-0.1, -0.05) is 24.3 Å². The van der Waals surface area contributed by atoms with E-state index in [-0.39, 0.29) is 41.0 Å². The van der Waals surface area contributed by atoms with E-state index in [9.17, 15) is 9.90 Å². The summed E-state index contributed by atoms with van der Waals surface area (Å²) in [6.45, 7) is 2.14. The van der Waals surface area contributed by atoms with Crippen LogP contribution in [0.5, 0.6) is 5.88 Å². The molecule has 0 saturated heterocycles. The summed E-state index contributed by atoms with van der Waals surface area (Å²) in [5, 5.41) is 16.8. The number of fused-ring (bicyclic) bond motifs is 1. The van der Waals surface area contributed by atoms with E-state index in [2.05, 4.69) is 10.1 Å². The zero-order valence-electron chi connectivity index (χ0n) is 14.6. The Balaban J connectivity index is 0.00000196. The molecule has 7 heteroatoms. The Morgan fingerprint density at radius 2 is 1.88 bits per heavy atom. The number of benzene rings is 1. The van der Waals surface area contributed by atoms with Crippen molar-refractivity contribution in [2.24, 2.45) is 0 Å². The zero-order chi connectivity index (χ0) is 17.4. The second-order valence-corrected chi connectivity index (χ2v) is 5.83. The molecule has 0 atom stereocenters. The van der Waals surface area contributed by atoms with E-state index in [1.807, 2.05) is 42.5 Å². The second-order valence-electron chi connectivity index (χ2n) is 5.83. The molecular weight excluding hydrogens is 339 g/mol. The van der Waals surface area contributed by atoms with E-state index in [1.165, 1.54) is 10.7 Å². The van der Waals surface area contributed by atoms with Crippen LogP contribution in [0.4, 0.5) is 0 Å². The first-order chi connectivity index (χ1) is 12.1. The molecule has 0 spiro atoms. The van der Waals surface area contributed by atoms with Crippen LogP contribution in [0.15, 0.2) is 65.7 Å².